The van der Waals surface area contributed by atoms with Crippen LogP contribution in [-0.2, 0) is 19.1 Å². The summed E-state index contributed by atoms with van der Waals surface area (Å²) in [5, 5.41) is 3.59. The number of fused-ring (bicyclic) bond motifs is 1. The Morgan fingerprint density at radius 1 is 1.03 bits per heavy atom. The minimum atomic E-state index is -0.756. The van der Waals surface area contributed by atoms with Gasteiger partial charge in [-0.25, -0.2) is 9.59 Å². The molecule has 4 rings (SSSR count). The second kappa shape index (κ2) is 9.85. The minimum absolute atomic E-state index is 0.0286. The van der Waals surface area contributed by atoms with Crippen molar-refractivity contribution in [3.8, 4) is 11.3 Å². The molecule has 178 valence electrons. The molecule has 7 heteroatoms. The summed E-state index contributed by atoms with van der Waals surface area (Å²) >= 11 is 0. The Balaban J connectivity index is 1.88. The summed E-state index contributed by atoms with van der Waals surface area (Å²) < 4.78 is 16.4. The monoisotopic (exact) mass is 471 g/mol. The third-order valence-electron chi connectivity index (χ3n) is 5.86. The number of ether oxygens (including phenoxy) is 2. The number of benzene rings is 2. The van der Waals surface area contributed by atoms with Gasteiger partial charge >= 0.3 is 11.9 Å². The normalized spacial score (nSPS) is 15.6. The minimum Gasteiger partial charge on any atom is -0.466 e. The molecule has 1 N–H and O–H groups in total. The summed E-state index contributed by atoms with van der Waals surface area (Å²) in [4.78, 5) is 38.5. The number of carbonyl (C=O) groups excluding carboxylic acids is 2. The summed E-state index contributed by atoms with van der Waals surface area (Å²) in [5.41, 5.74) is 3.30. The highest BCUT2D eigenvalue weighted by atomic mass is 16.5. The van der Waals surface area contributed by atoms with Crippen molar-refractivity contribution in [3.05, 3.63) is 106 Å². The maximum atomic E-state index is 13.1. The topological polar surface area (TPSA) is 94.8 Å². The van der Waals surface area contributed by atoms with Crippen LogP contribution in [0.25, 0.3) is 22.3 Å². The van der Waals surface area contributed by atoms with Crippen LogP contribution in [0.5, 0.6) is 0 Å². The second-order valence-corrected chi connectivity index (χ2v) is 8.11. The first-order valence-electron chi connectivity index (χ1n) is 11.0. The van der Waals surface area contributed by atoms with E-state index in [-0.39, 0.29) is 17.6 Å². The van der Waals surface area contributed by atoms with E-state index in [9.17, 15) is 14.4 Å². The summed E-state index contributed by atoms with van der Waals surface area (Å²) in [6.45, 7) is 7.12. The Morgan fingerprint density at radius 3 is 2.46 bits per heavy atom. The fraction of sp³-hybridized carbons (Fsp3) is 0.179. The Hall–Kier alpha value is -4.39. The highest BCUT2D eigenvalue weighted by molar-refractivity contribution is 6.00. The second-order valence-electron chi connectivity index (χ2n) is 8.11. The number of methoxy groups -OCH3 is 1. The lowest BCUT2D eigenvalue weighted by Crippen LogP contribution is -2.32. The molecule has 0 fully saturated rings. The predicted molar refractivity (Wildman–Crippen MR) is 132 cm³/mol. The molecule has 1 atom stereocenters. The largest absolute Gasteiger partial charge is 0.466 e. The number of allylic oxidation sites excluding steroid dienone is 2. The van der Waals surface area contributed by atoms with E-state index in [1.165, 1.54) is 19.3 Å². The molecule has 0 saturated heterocycles. The van der Waals surface area contributed by atoms with Gasteiger partial charge in [-0.1, -0.05) is 43.0 Å². The van der Waals surface area contributed by atoms with Gasteiger partial charge in [-0.3, -0.25) is 4.79 Å². The van der Waals surface area contributed by atoms with E-state index in [1.807, 2.05) is 6.07 Å². The van der Waals surface area contributed by atoms with Crippen molar-refractivity contribution in [2.45, 2.75) is 19.8 Å². The number of esters is 2. The predicted octanol–water partition coefficient (Wildman–Crippen LogP) is 4.60. The molecule has 1 aromatic heterocycles. The summed E-state index contributed by atoms with van der Waals surface area (Å²) in [6.07, 6.45) is 1.48. The van der Waals surface area contributed by atoms with Gasteiger partial charge in [0.25, 0.3) is 0 Å². The van der Waals surface area contributed by atoms with Crippen LogP contribution < -0.4 is 10.7 Å². The average Bonchev–Trinajstić information content (AvgIpc) is 2.86. The van der Waals surface area contributed by atoms with E-state index in [2.05, 4.69) is 11.9 Å². The van der Waals surface area contributed by atoms with Gasteiger partial charge in [-0.2, -0.15) is 0 Å². The lowest BCUT2D eigenvalue weighted by molar-refractivity contribution is -0.138. The quantitative estimate of drug-likeness (QED) is 0.415. The summed E-state index contributed by atoms with van der Waals surface area (Å²) in [6, 6.07) is 15.7. The van der Waals surface area contributed by atoms with Gasteiger partial charge in [0.1, 0.15) is 18.0 Å². The van der Waals surface area contributed by atoms with Crippen LogP contribution in [-0.4, -0.2) is 25.7 Å². The Labute approximate surface area is 202 Å². The first kappa shape index (κ1) is 23.8. The van der Waals surface area contributed by atoms with Gasteiger partial charge in [0.05, 0.1) is 29.6 Å². The molecule has 0 spiro atoms. The molecule has 35 heavy (non-hydrogen) atoms. The van der Waals surface area contributed by atoms with Crippen molar-refractivity contribution in [1.82, 2.24) is 5.32 Å². The first-order valence-corrected chi connectivity index (χ1v) is 11.0. The van der Waals surface area contributed by atoms with Crippen LogP contribution in [0.3, 0.4) is 0 Å². The number of carbonyl (C=O) groups is 2. The third kappa shape index (κ3) is 4.53. The number of rotatable bonds is 6. The van der Waals surface area contributed by atoms with Crippen LogP contribution >= 0.6 is 0 Å². The Morgan fingerprint density at radius 2 is 1.74 bits per heavy atom. The fourth-order valence-corrected chi connectivity index (χ4v) is 4.31. The summed E-state index contributed by atoms with van der Waals surface area (Å²) in [5.74, 6) is -1.52. The van der Waals surface area contributed by atoms with Gasteiger partial charge < -0.3 is 19.2 Å². The first-order chi connectivity index (χ1) is 16.8. The zero-order valence-corrected chi connectivity index (χ0v) is 19.7. The van der Waals surface area contributed by atoms with Crippen molar-refractivity contribution in [3.63, 3.8) is 0 Å². The highest BCUT2D eigenvalue weighted by Crippen LogP contribution is 2.40. The van der Waals surface area contributed by atoms with Crippen LogP contribution in [0.1, 0.15) is 25.3 Å². The molecule has 0 amide bonds. The molecular formula is C28H25NO6. The van der Waals surface area contributed by atoms with Crippen molar-refractivity contribution < 1.29 is 23.5 Å². The van der Waals surface area contributed by atoms with E-state index < -0.39 is 17.9 Å². The number of para-hydroxylation sites is 1. The number of nitrogens with one attached hydrogen (secondary N) is 1. The molecule has 1 unspecified atom stereocenters. The Kier molecular flexibility index (Phi) is 6.68. The zero-order valence-electron chi connectivity index (χ0n) is 19.7. The van der Waals surface area contributed by atoms with Crippen molar-refractivity contribution >= 4 is 22.9 Å². The van der Waals surface area contributed by atoms with E-state index in [0.29, 0.717) is 44.8 Å². The maximum Gasteiger partial charge on any atom is 0.337 e. The van der Waals surface area contributed by atoms with E-state index in [4.69, 9.17) is 13.9 Å². The maximum absolute atomic E-state index is 13.1. The van der Waals surface area contributed by atoms with Crippen molar-refractivity contribution in [2.24, 2.45) is 0 Å². The molecule has 7 nitrogen and oxygen atoms in total. The number of hydrogen-bond donors (Lipinski definition) is 1. The highest BCUT2D eigenvalue weighted by Gasteiger charge is 2.37. The lowest BCUT2D eigenvalue weighted by atomic mass is 9.80. The lowest BCUT2D eigenvalue weighted by Gasteiger charge is -2.30. The van der Waals surface area contributed by atoms with E-state index >= 15 is 0 Å². The van der Waals surface area contributed by atoms with Gasteiger partial charge in [-0.05, 0) is 37.6 Å². The molecule has 0 saturated carbocycles. The Bertz CT molecular complexity index is 1460. The molecule has 0 bridgehead atoms. The SMILES string of the molecule is C=CCOC(=O)C1=C(C)NC(C)=C(C(=O)OC)C1c1cccc(-c2cc(=O)c3ccccc3o2)c1. The molecular weight excluding hydrogens is 446 g/mol. The third-order valence-corrected chi connectivity index (χ3v) is 5.86. The van der Waals surface area contributed by atoms with Crippen molar-refractivity contribution in [1.29, 1.82) is 0 Å². The van der Waals surface area contributed by atoms with Gasteiger partial charge in [-0.15, -0.1) is 0 Å². The molecule has 3 aromatic rings. The average molecular weight is 472 g/mol. The number of hydrogen-bond acceptors (Lipinski definition) is 7. The molecule has 0 radical (unpaired) electrons. The molecule has 2 heterocycles. The molecule has 2 aromatic carbocycles. The standard InChI is InChI=1S/C28H25NO6/c1-5-13-34-28(32)25-17(3)29-16(2)24(27(31)33-4)26(25)19-10-8-9-18(14-19)23-15-21(30)20-11-6-7-12-22(20)35-23/h5-12,14-15,26,29H,1,13H2,2-4H3. The van der Waals surface area contributed by atoms with Crippen LogP contribution in [0.15, 0.2) is 99.0 Å². The van der Waals surface area contributed by atoms with Crippen LogP contribution in [0, 0.1) is 0 Å². The molecule has 0 aliphatic carbocycles. The van der Waals surface area contributed by atoms with Gasteiger partial charge in [0, 0.05) is 23.0 Å². The van der Waals surface area contributed by atoms with Crippen LogP contribution in [0.4, 0.5) is 0 Å². The van der Waals surface area contributed by atoms with Gasteiger partial charge in [0.15, 0.2) is 5.43 Å². The smallest absolute Gasteiger partial charge is 0.337 e. The molecule has 1 aliphatic rings. The van der Waals surface area contributed by atoms with Crippen molar-refractivity contribution in [2.75, 3.05) is 13.7 Å². The van der Waals surface area contributed by atoms with E-state index in [1.54, 1.807) is 56.3 Å². The number of dihydropyridines is 1. The van der Waals surface area contributed by atoms with Crippen LogP contribution in [0.2, 0.25) is 0 Å². The fourth-order valence-electron chi connectivity index (χ4n) is 4.31. The molecule has 1 aliphatic heterocycles. The zero-order chi connectivity index (χ0) is 25.1. The summed E-state index contributed by atoms with van der Waals surface area (Å²) in [7, 11) is 1.29. The van der Waals surface area contributed by atoms with Gasteiger partial charge in [0.2, 0.25) is 0 Å². The van der Waals surface area contributed by atoms with E-state index in [0.717, 1.165) is 0 Å².